The van der Waals surface area contributed by atoms with E-state index >= 15 is 0 Å². The van der Waals surface area contributed by atoms with Gasteiger partial charge in [-0.2, -0.15) is 0 Å². The second-order valence-electron chi connectivity index (χ2n) is 9.22. The van der Waals surface area contributed by atoms with Crippen molar-refractivity contribution in [2.24, 2.45) is 5.92 Å². The van der Waals surface area contributed by atoms with Gasteiger partial charge in [-0.3, -0.25) is 4.98 Å². The Kier molecular flexibility index (Phi) is 4.79. The topological polar surface area (TPSA) is 26.0 Å². The van der Waals surface area contributed by atoms with Crippen molar-refractivity contribution >= 4 is 21.9 Å². The van der Waals surface area contributed by atoms with Crippen LogP contribution < -0.4 is 0 Å². The van der Waals surface area contributed by atoms with E-state index in [4.69, 9.17) is 9.40 Å². The van der Waals surface area contributed by atoms with Gasteiger partial charge in [0, 0.05) is 22.5 Å². The SMILES string of the molecule is Cc1ccc(-c2cc(CC3CCCC3)ccn2)c2oc3ccc(-c4ccccc4)cc3c12. The molecule has 1 aliphatic rings. The molecule has 32 heavy (non-hydrogen) atoms. The van der Waals surface area contributed by atoms with Crippen LogP contribution in [0, 0.1) is 12.8 Å². The lowest BCUT2D eigenvalue weighted by molar-refractivity contribution is 0.546. The number of furan rings is 1. The van der Waals surface area contributed by atoms with Crippen molar-refractivity contribution in [1.82, 2.24) is 4.98 Å². The third-order valence-corrected chi connectivity index (χ3v) is 7.03. The number of nitrogens with zero attached hydrogens (tertiary/aromatic N) is 1. The fraction of sp³-hybridized carbons (Fsp3) is 0.233. The number of aryl methyl sites for hydroxylation is 1. The second-order valence-corrected chi connectivity index (χ2v) is 9.22. The van der Waals surface area contributed by atoms with Gasteiger partial charge in [0.25, 0.3) is 0 Å². The Morgan fingerprint density at radius 3 is 2.56 bits per heavy atom. The summed E-state index contributed by atoms with van der Waals surface area (Å²) in [5.41, 5.74) is 9.01. The minimum absolute atomic E-state index is 0.825. The van der Waals surface area contributed by atoms with Gasteiger partial charge in [-0.05, 0) is 71.8 Å². The first-order valence-corrected chi connectivity index (χ1v) is 11.7. The van der Waals surface area contributed by atoms with Gasteiger partial charge in [0.15, 0.2) is 0 Å². The maximum absolute atomic E-state index is 6.44. The lowest BCUT2D eigenvalue weighted by Crippen LogP contribution is -1.99. The molecular weight excluding hydrogens is 390 g/mol. The molecule has 0 bridgehead atoms. The number of fused-ring (bicyclic) bond motifs is 3. The Bertz CT molecular complexity index is 1410. The summed E-state index contributed by atoms with van der Waals surface area (Å²) in [6, 6.07) is 25.9. The molecule has 5 aromatic rings. The van der Waals surface area contributed by atoms with Crippen LogP contribution in [0.15, 0.2) is 83.4 Å². The Balaban J connectivity index is 1.48. The molecule has 0 N–H and O–H groups in total. The van der Waals surface area contributed by atoms with Crippen molar-refractivity contribution in [3.05, 3.63) is 90.1 Å². The zero-order chi connectivity index (χ0) is 21.5. The number of aromatic nitrogens is 1. The first-order chi connectivity index (χ1) is 15.8. The molecule has 1 saturated carbocycles. The molecule has 1 aliphatic carbocycles. The van der Waals surface area contributed by atoms with Gasteiger partial charge in [-0.25, -0.2) is 0 Å². The number of hydrogen-bond acceptors (Lipinski definition) is 2. The smallest absolute Gasteiger partial charge is 0.145 e. The molecule has 2 heterocycles. The number of rotatable bonds is 4. The fourth-order valence-electron chi connectivity index (χ4n) is 5.35. The van der Waals surface area contributed by atoms with Gasteiger partial charge in [0.1, 0.15) is 11.2 Å². The first kappa shape index (κ1) is 19.3. The molecule has 0 unspecified atom stereocenters. The van der Waals surface area contributed by atoms with Crippen molar-refractivity contribution in [1.29, 1.82) is 0 Å². The molecule has 0 atom stereocenters. The van der Waals surface area contributed by atoms with Gasteiger partial charge in [0.05, 0.1) is 5.69 Å². The molecule has 2 heteroatoms. The van der Waals surface area contributed by atoms with E-state index in [9.17, 15) is 0 Å². The van der Waals surface area contributed by atoms with Gasteiger partial charge in [0.2, 0.25) is 0 Å². The van der Waals surface area contributed by atoms with E-state index in [1.807, 2.05) is 6.20 Å². The molecule has 158 valence electrons. The zero-order valence-corrected chi connectivity index (χ0v) is 18.5. The van der Waals surface area contributed by atoms with Crippen molar-refractivity contribution < 1.29 is 4.42 Å². The Labute approximate surface area is 188 Å². The number of hydrogen-bond donors (Lipinski definition) is 0. The second kappa shape index (κ2) is 7.94. The maximum atomic E-state index is 6.44. The van der Waals surface area contributed by atoms with Crippen LogP contribution in [0.2, 0.25) is 0 Å². The maximum Gasteiger partial charge on any atom is 0.145 e. The van der Waals surface area contributed by atoms with E-state index in [1.165, 1.54) is 58.7 Å². The quantitative estimate of drug-likeness (QED) is 0.294. The highest BCUT2D eigenvalue weighted by molar-refractivity contribution is 6.11. The van der Waals surface area contributed by atoms with E-state index < -0.39 is 0 Å². The summed E-state index contributed by atoms with van der Waals surface area (Å²) in [5, 5.41) is 2.36. The monoisotopic (exact) mass is 417 g/mol. The van der Waals surface area contributed by atoms with Crippen LogP contribution in [-0.4, -0.2) is 4.98 Å². The largest absolute Gasteiger partial charge is 0.455 e. The summed E-state index contributed by atoms with van der Waals surface area (Å²) in [6.45, 7) is 2.17. The highest BCUT2D eigenvalue weighted by atomic mass is 16.3. The van der Waals surface area contributed by atoms with Crippen LogP contribution in [0.3, 0.4) is 0 Å². The van der Waals surface area contributed by atoms with E-state index in [2.05, 4.69) is 79.7 Å². The van der Waals surface area contributed by atoms with Crippen molar-refractivity contribution in [3.8, 4) is 22.4 Å². The first-order valence-electron chi connectivity index (χ1n) is 11.7. The Hall–Kier alpha value is -3.39. The molecule has 2 nitrogen and oxygen atoms in total. The average molecular weight is 418 g/mol. The summed E-state index contributed by atoms with van der Waals surface area (Å²) in [7, 11) is 0. The Morgan fingerprint density at radius 1 is 0.875 bits per heavy atom. The third-order valence-electron chi connectivity index (χ3n) is 7.03. The molecule has 0 spiro atoms. The molecule has 3 aromatic carbocycles. The molecule has 0 amide bonds. The van der Waals surface area contributed by atoms with Gasteiger partial charge < -0.3 is 4.42 Å². The highest BCUT2D eigenvalue weighted by Gasteiger charge is 2.18. The predicted molar refractivity (Wildman–Crippen MR) is 133 cm³/mol. The van der Waals surface area contributed by atoms with Crippen LogP contribution in [0.1, 0.15) is 36.8 Å². The van der Waals surface area contributed by atoms with E-state index in [1.54, 1.807) is 0 Å². The molecule has 0 aliphatic heterocycles. The minimum atomic E-state index is 0.825. The lowest BCUT2D eigenvalue weighted by Gasteiger charge is -2.10. The average Bonchev–Trinajstić information content (AvgIpc) is 3.48. The van der Waals surface area contributed by atoms with Gasteiger partial charge in [-0.15, -0.1) is 0 Å². The standard InChI is InChI=1S/C30H27NO/c1-20-11-13-25(27-18-22(15-16-31-27)17-21-7-5-6-8-21)30-29(20)26-19-24(12-14-28(26)32-30)23-9-3-2-4-10-23/h2-4,9-16,18-19,21H,5-8,17H2,1H3. The highest BCUT2D eigenvalue weighted by Crippen LogP contribution is 2.39. The number of benzene rings is 3. The van der Waals surface area contributed by atoms with Crippen LogP contribution >= 0.6 is 0 Å². The van der Waals surface area contributed by atoms with Crippen molar-refractivity contribution in [2.45, 2.75) is 39.0 Å². The summed E-state index contributed by atoms with van der Waals surface area (Å²) >= 11 is 0. The third kappa shape index (κ3) is 3.40. The van der Waals surface area contributed by atoms with Crippen LogP contribution in [0.4, 0.5) is 0 Å². The normalized spacial score (nSPS) is 14.5. The van der Waals surface area contributed by atoms with Crippen molar-refractivity contribution in [2.75, 3.05) is 0 Å². The summed E-state index contributed by atoms with van der Waals surface area (Å²) in [4.78, 5) is 4.74. The van der Waals surface area contributed by atoms with Gasteiger partial charge >= 0.3 is 0 Å². The van der Waals surface area contributed by atoms with Crippen LogP contribution in [-0.2, 0) is 6.42 Å². The molecule has 0 radical (unpaired) electrons. The predicted octanol–water partition coefficient (Wildman–Crippen LogP) is 8.36. The fourth-order valence-corrected chi connectivity index (χ4v) is 5.35. The molecule has 0 saturated heterocycles. The summed E-state index contributed by atoms with van der Waals surface area (Å²) in [6.07, 6.45) is 8.60. The van der Waals surface area contributed by atoms with Crippen LogP contribution in [0.5, 0.6) is 0 Å². The minimum Gasteiger partial charge on any atom is -0.455 e. The number of pyridine rings is 1. The lowest BCUT2D eigenvalue weighted by atomic mass is 9.96. The molecular formula is C30H27NO. The van der Waals surface area contributed by atoms with E-state index in [0.717, 1.165) is 34.8 Å². The summed E-state index contributed by atoms with van der Waals surface area (Å²) < 4.78 is 6.44. The van der Waals surface area contributed by atoms with Gasteiger partial charge in [-0.1, -0.05) is 68.1 Å². The van der Waals surface area contributed by atoms with E-state index in [0.29, 0.717) is 0 Å². The molecule has 1 fully saturated rings. The zero-order valence-electron chi connectivity index (χ0n) is 18.5. The van der Waals surface area contributed by atoms with E-state index in [-0.39, 0.29) is 0 Å². The van der Waals surface area contributed by atoms with Crippen LogP contribution in [0.25, 0.3) is 44.3 Å². The summed E-state index contributed by atoms with van der Waals surface area (Å²) in [5.74, 6) is 0.825. The molecule has 6 rings (SSSR count). The van der Waals surface area contributed by atoms with Crippen molar-refractivity contribution in [3.63, 3.8) is 0 Å². The molecule has 2 aromatic heterocycles. The Morgan fingerprint density at radius 2 is 1.72 bits per heavy atom.